The molecule has 1 heterocycles. The Morgan fingerprint density at radius 1 is 1.06 bits per heavy atom. The minimum atomic E-state index is -0.571. The van der Waals surface area contributed by atoms with Crippen molar-refractivity contribution in [2.75, 3.05) is 11.4 Å². The van der Waals surface area contributed by atoms with Gasteiger partial charge >= 0.3 is 5.97 Å². The third-order valence-electron chi connectivity index (χ3n) is 4.69. The third kappa shape index (κ3) is 5.79. The number of hydrogen-bond acceptors (Lipinski definition) is 6. The predicted molar refractivity (Wildman–Crippen MR) is 124 cm³/mol. The molecule has 0 bridgehead atoms. The smallest absolute Gasteiger partial charge is 0.325 e. The molecule has 32 heavy (non-hydrogen) atoms. The lowest BCUT2D eigenvalue weighted by atomic mass is 10.1. The lowest BCUT2D eigenvalue weighted by molar-refractivity contribution is -0.143. The number of ether oxygens (including phenoxy) is 1. The van der Waals surface area contributed by atoms with Crippen molar-refractivity contribution in [3.05, 3.63) is 75.8 Å². The van der Waals surface area contributed by atoms with Crippen LogP contribution in [-0.4, -0.2) is 29.3 Å². The first-order valence-electron chi connectivity index (χ1n) is 10.1. The molecule has 0 atom stereocenters. The van der Waals surface area contributed by atoms with Gasteiger partial charge in [0.15, 0.2) is 5.13 Å². The molecule has 0 aliphatic carbocycles. The van der Waals surface area contributed by atoms with Crippen molar-refractivity contribution < 1.29 is 19.1 Å². The molecule has 0 aliphatic heterocycles. The molecule has 2 aromatic carbocycles. The minimum absolute atomic E-state index is 0.0473. The zero-order valence-electron chi connectivity index (χ0n) is 18.5. The SMILES string of the molecule is CC(=O)N(c1nc(COC(=O)CNC(=O)c2cccc(C)c2)cs1)c1ccc(C)cc1C. The van der Waals surface area contributed by atoms with Crippen molar-refractivity contribution in [3.63, 3.8) is 0 Å². The van der Waals surface area contributed by atoms with Crippen LogP contribution in [0.25, 0.3) is 0 Å². The zero-order valence-corrected chi connectivity index (χ0v) is 19.3. The highest BCUT2D eigenvalue weighted by Gasteiger charge is 2.20. The molecule has 0 fully saturated rings. The highest BCUT2D eigenvalue weighted by atomic mass is 32.1. The summed E-state index contributed by atoms with van der Waals surface area (Å²) in [6.07, 6.45) is 0. The molecule has 8 heteroatoms. The van der Waals surface area contributed by atoms with E-state index in [1.165, 1.54) is 18.3 Å². The number of nitrogens with zero attached hydrogens (tertiary/aromatic N) is 2. The van der Waals surface area contributed by atoms with Gasteiger partial charge in [0.2, 0.25) is 5.91 Å². The number of aromatic nitrogens is 1. The lowest BCUT2D eigenvalue weighted by Crippen LogP contribution is -2.30. The summed E-state index contributed by atoms with van der Waals surface area (Å²) in [5.74, 6) is -1.07. The maximum atomic E-state index is 12.3. The summed E-state index contributed by atoms with van der Waals surface area (Å²) in [6.45, 7) is 7.02. The Labute approximate surface area is 191 Å². The molecule has 0 aliphatic rings. The van der Waals surface area contributed by atoms with E-state index in [1.807, 2.05) is 45.0 Å². The number of esters is 1. The summed E-state index contributed by atoms with van der Waals surface area (Å²) in [6, 6.07) is 12.9. The Balaban J connectivity index is 1.58. The number of carbonyl (C=O) groups is 3. The van der Waals surface area contributed by atoms with E-state index in [0.717, 1.165) is 22.4 Å². The number of nitrogens with one attached hydrogen (secondary N) is 1. The van der Waals surface area contributed by atoms with E-state index in [0.29, 0.717) is 16.4 Å². The molecule has 3 aromatic rings. The number of aryl methyl sites for hydroxylation is 3. The van der Waals surface area contributed by atoms with Gasteiger partial charge in [0.05, 0.1) is 11.4 Å². The monoisotopic (exact) mass is 451 g/mol. The fraction of sp³-hybridized carbons (Fsp3) is 0.250. The molecule has 0 unspecified atom stereocenters. The van der Waals surface area contributed by atoms with Crippen LogP contribution in [0.3, 0.4) is 0 Å². The molecule has 3 rings (SSSR count). The van der Waals surface area contributed by atoms with Gasteiger partial charge in [-0.15, -0.1) is 11.3 Å². The van der Waals surface area contributed by atoms with Crippen LogP contribution in [-0.2, 0) is 20.9 Å². The number of anilines is 2. The number of hydrogen-bond donors (Lipinski definition) is 1. The molecule has 1 N–H and O–H groups in total. The van der Waals surface area contributed by atoms with Crippen LogP contribution in [0, 0.1) is 20.8 Å². The maximum Gasteiger partial charge on any atom is 0.325 e. The summed E-state index contributed by atoms with van der Waals surface area (Å²) in [5, 5.41) is 4.80. The van der Waals surface area contributed by atoms with Crippen LogP contribution < -0.4 is 10.2 Å². The normalized spacial score (nSPS) is 10.5. The summed E-state index contributed by atoms with van der Waals surface area (Å²) < 4.78 is 5.22. The standard InChI is InChI=1S/C24H25N3O4S/c1-15-6-5-7-19(11-15)23(30)25-12-22(29)31-13-20-14-32-24(26-20)27(18(4)28)21-9-8-16(2)10-17(21)3/h5-11,14H,12-13H2,1-4H3,(H,25,30). The Morgan fingerprint density at radius 3 is 2.50 bits per heavy atom. The first-order chi connectivity index (χ1) is 15.2. The Bertz CT molecular complexity index is 1160. The fourth-order valence-corrected chi connectivity index (χ4v) is 4.04. The van der Waals surface area contributed by atoms with Gasteiger partial charge in [-0.05, 0) is 44.5 Å². The first-order valence-corrected chi connectivity index (χ1v) is 11.0. The van der Waals surface area contributed by atoms with Gasteiger partial charge in [0, 0.05) is 17.9 Å². The van der Waals surface area contributed by atoms with Crippen LogP contribution >= 0.6 is 11.3 Å². The van der Waals surface area contributed by atoms with Crippen LogP contribution in [0.15, 0.2) is 47.8 Å². The van der Waals surface area contributed by atoms with E-state index in [4.69, 9.17) is 4.74 Å². The van der Waals surface area contributed by atoms with Crippen LogP contribution in [0.2, 0.25) is 0 Å². The average molecular weight is 452 g/mol. The number of rotatable bonds is 7. The predicted octanol–water partition coefficient (Wildman–Crippen LogP) is 4.23. The van der Waals surface area contributed by atoms with Gasteiger partial charge in [-0.3, -0.25) is 19.3 Å². The summed E-state index contributed by atoms with van der Waals surface area (Å²) in [7, 11) is 0. The number of amides is 2. The topological polar surface area (TPSA) is 88.6 Å². The second kappa shape index (κ2) is 10.2. The summed E-state index contributed by atoms with van der Waals surface area (Å²) >= 11 is 1.30. The minimum Gasteiger partial charge on any atom is -0.458 e. The van der Waals surface area contributed by atoms with Crippen molar-refractivity contribution >= 4 is 39.9 Å². The second-order valence-electron chi connectivity index (χ2n) is 7.48. The molecular weight excluding hydrogens is 426 g/mol. The van der Waals surface area contributed by atoms with E-state index < -0.39 is 5.97 Å². The molecule has 2 amide bonds. The van der Waals surface area contributed by atoms with Crippen molar-refractivity contribution in [1.82, 2.24) is 10.3 Å². The second-order valence-corrected chi connectivity index (χ2v) is 8.32. The van der Waals surface area contributed by atoms with E-state index in [2.05, 4.69) is 10.3 Å². The first kappa shape index (κ1) is 23.1. The van der Waals surface area contributed by atoms with Crippen LogP contribution in [0.4, 0.5) is 10.8 Å². The molecule has 0 radical (unpaired) electrons. The number of thiazole rings is 1. The van der Waals surface area contributed by atoms with E-state index in [1.54, 1.807) is 28.5 Å². The van der Waals surface area contributed by atoms with Crippen molar-refractivity contribution in [3.8, 4) is 0 Å². The van der Waals surface area contributed by atoms with Gasteiger partial charge in [-0.2, -0.15) is 0 Å². The van der Waals surface area contributed by atoms with Crippen molar-refractivity contribution in [1.29, 1.82) is 0 Å². The molecule has 1 aromatic heterocycles. The fourth-order valence-electron chi connectivity index (χ4n) is 3.18. The number of benzene rings is 2. The lowest BCUT2D eigenvalue weighted by Gasteiger charge is -2.20. The van der Waals surface area contributed by atoms with Crippen molar-refractivity contribution in [2.45, 2.75) is 34.3 Å². The quantitative estimate of drug-likeness (QED) is 0.543. The molecular formula is C24H25N3O4S. The molecule has 0 saturated heterocycles. The number of carbonyl (C=O) groups excluding carboxylic acids is 3. The maximum absolute atomic E-state index is 12.3. The van der Waals surface area contributed by atoms with E-state index in [9.17, 15) is 14.4 Å². The van der Waals surface area contributed by atoms with Crippen LogP contribution in [0.1, 0.15) is 39.7 Å². The van der Waals surface area contributed by atoms with Gasteiger partial charge in [0.25, 0.3) is 5.91 Å². The summed E-state index contributed by atoms with van der Waals surface area (Å²) in [5.41, 5.74) is 4.81. The van der Waals surface area contributed by atoms with E-state index >= 15 is 0 Å². The highest BCUT2D eigenvalue weighted by molar-refractivity contribution is 7.14. The molecule has 166 valence electrons. The molecule has 7 nitrogen and oxygen atoms in total. The third-order valence-corrected chi connectivity index (χ3v) is 5.57. The van der Waals surface area contributed by atoms with Gasteiger partial charge in [-0.1, -0.05) is 35.4 Å². The largest absolute Gasteiger partial charge is 0.458 e. The van der Waals surface area contributed by atoms with Gasteiger partial charge < -0.3 is 10.1 Å². The van der Waals surface area contributed by atoms with Gasteiger partial charge in [0.1, 0.15) is 13.2 Å². The summed E-state index contributed by atoms with van der Waals surface area (Å²) in [4.78, 5) is 42.5. The highest BCUT2D eigenvalue weighted by Crippen LogP contribution is 2.31. The van der Waals surface area contributed by atoms with Crippen LogP contribution in [0.5, 0.6) is 0 Å². The molecule has 0 spiro atoms. The average Bonchev–Trinajstić information content (AvgIpc) is 3.20. The van der Waals surface area contributed by atoms with Crippen molar-refractivity contribution in [2.24, 2.45) is 0 Å². The van der Waals surface area contributed by atoms with Gasteiger partial charge in [-0.25, -0.2) is 4.98 Å². The van der Waals surface area contributed by atoms with E-state index in [-0.39, 0.29) is 25.0 Å². The Kier molecular flexibility index (Phi) is 7.37. The zero-order chi connectivity index (χ0) is 23.3. The molecule has 0 saturated carbocycles. The Morgan fingerprint density at radius 2 is 1.81 bits per heavy atom. The Hall–Kier alpha value is -3.52.